The summed E-state index contributed by atoms with van der Waals surface area (Å²) < 4.78 is 4.72. The number of halogens is 1. The molecule has 1 aromatic heterocycles. The maximum atomic E-state index is 10.9. The van der Waals surface area contributed by atoms with Gasteiger partial charge in [-0.3, -0.25) is 0 Å². The van der Waals surface area contributed by atoms with E-state index in [0.717, 1.165) is 5.56 Å². The van der Waals surface area contributed by atoms with Crippen LogP contribution in [0.4, 0.5) is 0 Å². The Morgan fingerprint density at radius 3 is 3.14 bits per heavy atom. The van der Waals surface area contributed by atoms with Crippen LogP contribution in [0.3, 0.4) is 0 Å². The summed E-state index contributed by atoms with van der Waals surface area (Å²) in [6, 6.07) is 3.42. The first-order chi connectivity index (χ1) is 6.72. The molecule has 1 aromatic rings. The van der Waals surface area contributed by atoms with E-state index >= 15 is 0 Å². The Morgan fingerprint density at radius 1 is 1.71 bits per heavy atom. The van der Waals surface area contributed by atoms with Gasteiger partial charge in [0.15, 0.2) is 0 Å². The van der Waals surface area contributed by atoms with Crippen LogP contribution in [-0.4, -0.2) is 17.6 Å². The lowest BCUT2D eigenvalue weighted by Gasteiger charge is -1.95. The SMILES string of the molecule is CCOC(=O)C=Cc1ccnc(Cl)c1. The maximum Gasteiger partial charge on any atom is 0.330 e. The van der Waals surface area contributed by atoms with Crippen molar-refractivity contribution in [3.05, 3.63) is 35.1 Å². The molecular formula is C10H10ClNO2. The van der Waals surface area contributed by atoms with E-state index in [1.54, 1.807) is 31.3 Å². The highest BCUT2D eigenvalue weighted by Crippen LogP contribution is 2.08. The van der Waals surface area contributed by atoms with Crippen molar-refractivity contribution in [1.29, 1.82) is 0 Å². The van der Waals surface area contributed by atoms with Gasteiger partial charge in [-0.15, -0.1) is 0 Å². The summed E-state index contributed by atoms with van der Waals surface area (Å²) in [5.41, 5.74) is 0.818. The minimum Gasteiger partial charge on any atom is -0.463 e. The number of esters is 1. The average Bonchev–Trinajstić information content (AvgIpc) is 2.15. The summed E-state index contributed by atoms with van der Waals surface area (Å²) in [4.78, 5) is 14.8. The molecule has 0 saturated carbocycles. The molecule has 0 aliphatic carbocycles. The predicted molar refractivity (Wildman–Crippen MR) is 54.9 cm³/mol. The van der Waals surface area contributed by atoms with Gasteiger partial charge in [0.2, 0.25) is 0 Å². The monoisotopic (exact) mass is 211 g/mol. The van der Waals surface area contributed by atoms with Gasteiger partial charge in [0, 0.05) is 12.3 Å². The van der Waals surface area contributed by atoms with Crippen molar-refractivity contribution in [2.45, 2.75) is 6.92 Å². The molecule has 0 spiro atoms. The number of hydrogen-bond acceptors (Lipinski definition) is 3. The molecule has 0 saturated heterocycles. The first-order valence-electron chi connectivity index (χ1n) is 4.18. The van der Waals surface area contributed by atoms with E-state index in [1.807, 2.05) is 0 Å². The number of rotatable bonds is 3. The van der Waals surface area contributed by atoms with E-state index in [1.165, 1.54) is 6.08 Å². The molecule has 0 radical (unpaired) electrons. The third-order valence-electron chi connectivity index (χ3n) is 1.45. The van der Waals surface area contributed by atoms with Gasteiger partial charge in [0.05, 0.1) is 6.61 Å². The second-order valence-corrected chi connectivity index (χ2v) is 2.88. The Morgan fingerprint density at radius 2 is 2.50 bits per heavy atom. The molecule has 14 heavy (non-hydrogen) atoms. The van der Waals surface area contributed by atoms with Crippen molar-refractivity contribution in [1.82, 2.24) is 4.98 Å². The fourth-order valence-electron chi connectivity index (χ4n) is 0.876. The zero-order valence-electron chi connectivity index (χ0n) is 7.74. The lowest BCUT2D eigenvalue weighted by molar-refractivity contribution is -0.137. The number of nitrogens with zero attached hydrogens (tertiary/aromatic N) is 1. The molecule has 1 heterocycles. The van der Waals surface area contributed by atoms with Crippen LogP contribution in [-0.2, 0) is 9.53 Å². The van der Waals surface area contributed by atoms with E-state index in [2.05, 4.69) is 4.98 Å². The summed E-state index contributed by atoms with van der Waals surface area (Å²) in [7, 11) is 0. The molecule has 0 atom stereocenters. The predicted octanol–water partition coefficient (Wildman–Crippen LogP) is 2.31. The second kappa shape index (κ2) is 5.40. The van der Waals surface area contributed by atoms with Crippen LogP contribution in [0, 0.1) is 0 Å². The van der Waals surface area contributed by atoms with Gasteiger partial charge in [-0.2, -0.15) is 0 Å². The molecule has 4 heteroatoms. The van der Waals surface area contributed by atoms with E-state index in [4.69, 9.17) is 16.3 Å². The van der Waals surface area contributed by atoms with Gasteiger partial charge in [-0.1, -0.05) is 11.6 Å². The van der Waals surface area contributed by atoms with Gasteiger partial charge in [0.1, 0.15) is 5.15 Å². The number of ether oxygens (including phenoxy) is 1. The van der Waals surface area contributed by atoms with Crippen molar-refractivity contribution >= 4 is 23.6 Å². The van der Waals surface area contributed by atoms with Crippen molar-refractivity contribution < 1.29 is 9.53 Å². The molecule has 74 valence electrons. The first-order valence-corrected chi connectivity index (χ1v) is 4.56. The fourth-order valence-corrected chi connectivity index (χ4v) is 1.06. The molecular weight excluding hydrogens is 202 g/mol. The van der Waals surface area contributed by atoms with Crippen LogP contribution in [0.2, 0.25) is 5.15 Å². The fraction of sp³-hybridized carbons (Fsp3) is 0.200. The van der Waals surface area contributed by atoms with Crippen molar-refractivity contribution in [2.75, 3.05) is 6.61 Å². The van der Waals surface area contributed by atoms with Crippen LogP contribution in [0.25, 0.3) is 6.08 Å². The second-order valence-electron chi connectivity index (χ2n) is 2.50. The molecule has 0 bridgehead atoms. The summed E-state index contributed by atoms with van der Waals surface area (Å²) in [5.74, 6) is -0.361. The van der Waals surface area contributed by atoms with Gasteiger partial charge >= 0.3 is 5.97 Å². The van der Waals surface area contributed by atoms with Gasteiger partial charge in [-0.05, 0) is 30.7 Å². The molecule has 3 nitrogen and oxygen atoms in total. The van der Waals surface area contributed by atoms with Crippen LogP contribution < -0.4 is 0 Å². The third kappa shape index (κ3) is 3.58. The topological polar surface area (TPSA) is 39.2 Å². The van der Waals surface area contributed by atoms with Gasteiger partial charge < -0.3 is 4.74 Å². The Bertz CT molecular complexity index is 350. The normalized spacial score (nSPS) is 10.4. The standard InChI is InChI=1S/C10H10ClNO2/c1-2-14-10(13)4-3-8-5-6-12-9(11)7-8/h3-7H,2H2,1H3. The van der Waals surface area contributed by atoms with Crippen LogP contribution in [0.15, 0.2) is 24.4 Å². The van der Waals surface area contributed by atoms with Crippen LogP contribution in [0.1, 0.15) is 12.5 Å². The minimum atomic E-state index is -0.361. The van der Waals surface area contributed by atoms with Crippen molar-refractivity contribution in [3.63, 3.8) is 0 Å². The Kier molecular flexibility index (Phi) is 4.13. The molecule has 1 rings (SSSR count). The number of aromatic nitrogens is 1. The summed E-state index contributed by atoms with van der Waals surface area (Å²) in [5, 5.41) is 0.399. The summed E-state index contributed by atoms with van der Waals surface area (Å²) >= 11 is 5.66. The van der Waals surface area contributed by atoms with E-state index in [0.29, 0.717) is 11.8 Å². The van der Waals surface area contributed by atoms with Gasteiger partial charge in [0.25, 0.3) is 0 Å². The molecule has 0 aliphatic rings. The van der Waals surface area contributed by atoms with E-state index in [-0.39, 0.29) is 5.97 Å². The largest absolute Gasteiger partial charge is 0.463 e. The lowest BCUT2D eigenvalue weighted by atomic mass is 10.2. The molecule has 0 unspecified atom stereocenters. The number of carbonyl (C=O) groups is 1. The lowest BCUT2D eigenvalue weighted by Crippen LogP contribution is -1.98. The number of pyridine rings is 1. The maximum absolute atomic E-state index is 10.9. The van der Waals surface area contributed by atoms with Crippen LogP contribution >= 0.6 is 11.6 Å². The zero-order valence-corrected chi connectivity index (χ0v) is 8.49. The average molecular weight is 212 g/mol. The first kappa shape index (κ1) is 10.7. The number of hydrogen-bond donors (Lipinski definition) is 0. The summed E-state index contributed by atoms with van der Waals surface area (Å²) in [6.45, 7) is 2.13. The quantitative estimate of drug-likeness (QED) is 0.438. The highest BCUT2D eigenvalue weighted by Gasteiger charge is 1.94. The molecule has 0 N–H and O–H groups in total. The highest BCUT2D eigenvalue weighted by atomic mass is 35.5. The molecule has 0 aliphatic heterocycles. The van der Waals surface area contributed by atoms with Crippen molar-refractivity contribution in [3.8, 4) is 0 Å². The van der Waals surface area contributed by atoms with E-state index < -0.39 is 0 Å². The third-order valence-corrected chi connectivity index (χ3v) is 1.66. The molecule has 0 amide bonds. The molecule has 0 fully saturated rings. The van der Waals surface area contributed by atoms with Gasteiger partial charge in [-0.25, -0.2) is 9.78 Å². The Labute approximate surface area is 87.4 Å². The smallest absolute Gasteiger partial charge is 0.330 e. The highest BCUT2D eigenvalue weighted by molar-refractivity contribution is 6.29. The summed E-state index contributed by atoms with van der Waals surface area (Å²) in [6.07, 6.45) is 4.56. The minimum absolute atomic E-state index is 0.361. The number of carbonyl (C=O) groups excluding carboxylic acids is 1. The molecule has 0 aromatic carbocycles. The zero-order chi connectivity index (χ0) is 10.4. The van der Waals surface area contributed by atoms with Crippen LogP contribution in [0.5, 0.6) is 0 Å². The van der Waals surface area contributed by atoms with Crippen molar-refractivity contribution in [2.24, 2.45) is 0 Å². The Hall–Kier alpha value is -1.35. The Balaban J connectivity index is 2.64. The van der Waals surface area contributed by atoms with E-state index in [9.17, 15) is 4.79 Å².